The molecule has 25 heavy (non-hydrogen) atoms. The zero-order valence-corrected chi connectivity index (χ0v) is 15.0. The summed E-state index contributed by atoms with van der Waals surface area (Å²) in [5.41, 5.74) is 0.949. The van der Waals surface area contributed by atoms with Crippen molar-refractivity contribution in [3.05, 3.63) is 58.0 Å². The van der Waals surface area contributed by atoms with Gasteiger partial charge in [-0.05, 0) is 22.4 Å². The summed E-state index contributed by atoms with van der Waals surface area (Å²) < 4.78 is 1.63. The maximum absolute atomic E-state index is 12.3. The number of amides is 1. The number of imidazole rings is 1. The van der Waals surface area contributed by atoms with E-state index >= 15 is 0 Å². The zero-order valence-electron chi connectivity index (χ0n) is 15.0. The Hall–Kier alpha value is -2.70. The molecule has 134 valence electrons. The molecule has 2 aromatic rings. The Morgan fingerprint density at radius 3 is 2.56 bits per heavy atom. The second-order valence-corrected chi connectivity index (χ2v) is 6.72. The summed E-state index contributed by atoms with van der Waals surface area (Å²) in [7, 11) is 0. The SMILES string of the molecule is Cc1nc([N+](=O)[O-])cn1CCC(=O)NC(C)C(C)(C)c1ccccc1. The van der Waals surface area contributed by atoms with Crippen LogP contribution in [0.3, 0.4) is 0 Å². The van der Waals surface area contributed by atoms with Gasteiger partial charge in [-0.3, -0.25) is 4.79 Å². The number of nitro groups is 1. The van der Waals surface area contributed by atoms with Crippen LogP contribution in [-0.2, 0) is 16.8 Å². The van der Waals surface area contributed by atoms with Crippen molar-refractivity contribution in [1.82, 2.24) is 14.9 Å². The lowest BCUT2D eigenvalue weighted by Gasteiger charge is -2.33. The number of rotatable bonds is 7. The van der Waals surface area contributed by atoms with Gasteiger partial charge in [0.1, 0.15) is 6.20 Å². The molecule has 1 atom stereocenters. The highest BCUT2D eigenvalue weighted by Gasteiger charge is 2.29. The summed E-state index contributed by atoms with van der Waals surface area (Å²) >= 11 is 0. The van der Waals surface area contributed by atoms with Gasteiger partial charge in [-0.15, -0.1) is 0 Å². The molecular formula is C18H24N4O3. The van der Waals surface area contributed by atoms with E-state index in [0.29, 0.717) is 12.4 Å². The monoisotopic (exact) mass is 344 g/mol. The first kappa shape index (κ1) is 18.6. The first-order chi connectivity index (χ1) is 11.7. The van der Waals surface area contributed by atoms with Gasteiger partial charge in [0.25, 0.3) is 0 Å². The van der Waals surface area contributed by atoms with Crippen LogP contribution in [0.2, 0.25) is 0 Å². The summed E-state index contributed by atoms with van der Waals surface area (Å²) in [5, 5.41) is 13.8. The Labute approximate surface area is 147 Å². The molecule has 7 heteroatoms. The summed E-state index contributed by atoms with van der Waals surface area (Å²) in [6.07, 6.45) is 1.60. The lowest BCUT2D eigenvalue weighted by Crippen LogP contribution is -2.45. The second-order valence-electron chi connectivity index (χ2n) is 6.72. The quantitative estimate of drug-likeness (QED) is 0.617. The lowest BCUT2D eigenvalue weighted by atomic mass is 9.78. The third kappa shape index (κ3) is 4.43. The van der Waals surface area contributed by atoms with Crippen molar-refractivity contribution in [3.8, 4) is 0 Å². The van der Waals surface area contributed by atoms with Crippen LogP contribution in [0.5, 0.6) is 0 Å². The number of hydrogen-bond donors (Lipinski definition) is 1. The van der Waals surface area contributed by atoms with E-state index in [9.17, 15) is 14.9 Å². The summed E-state index contributed by atoms with van der Waals surface area (Å²) in [6, 6.07) is 9.99. The molecule has 0 fully saturated rings. The molecular weight excluding hydrogens is 320 g/mol. The Morgan fingerprint density at radius 2 is 2.00 bits per heavy atom. The molecule has 2 rings (SSSR count). The smallest absolute Gasteiger partial charge is 0.358 e. The van der Waals surface area contributed by atoms with Gasteiger partial charge < -0.3 is 20.0 Å². The van der Waals surface area contributed by atoms with Crippen LogP contribution in [0.15, 0.2) is 36.5 Å². The van der Waals surface area contributed by atoms with Gasteiger partial charge >= 0.3 is 5.82 Å². The fraction of sp³-hybridized carbons (Fsp3) is 0.444. The molecule has 0 saturated carbocycles. The summed E-state index contributed by atoms with van der Waals surface area (Å²) in [4.78, 5) is 26.4. The van der Waals surface area contributed by atoms with E-state index < -0.39 is 4.92 Å². The molecule has 7 nitrogen and oxygen atoms in total. The van der Waals surface area contributed by atoms with E-state index in [2.05, 4.69) is 36.3 Å². The van der Waals surface area contributed by atoms with Crippen molar-refractivity contribution in [2.24, 2.45) is 0 Å². The van der Waals surface area contributed by atoms with Gasteiger partial charge in [0, 0.05) is 31.3 Å². The topological polar surface area (TPSA) is 90.1 Å². The number of carbonyl (C=O) groups is 1. The fourth-order valence-corrected chi connectivity index (χ4v) is 2.64. The maximum Gasteiger partial charge on any atom is 0.381 e. The minimum absolute atomic E-state index is 0.0550. The van der Waals surface area contributed by atoms with Gasteiger partial charge in [0.2, 0.25) is 11.7 Å². The van der Waals surface area contributed by atoms with Crippen LogP contribution < -0.4 is 5.32 Å². The third-order valence-electron chi connectivity index (χ3n) is 4.71. The van der Waals surface area contributed by atoms with Crippen molar-refractivity contribution < 1.29 is 9.72 Å². The number of aromatic nitrogens is 2. The molecule has 0 aliphatic heterocycles. The first-order valence-electron chi connectivity index (χ1n) is 8.25. The molecule has 1 unspecified atom stereocenters. The summed E-state index contributed by atoms with van der Waals surface area (Å²) in [6.45, 7) is 8.22. The Morgan fingerprint density at radius 1 is 1.36 bits per heavy atom. The maximum atomic E-state index is 12.3. The molecule has 1 N–H and O–H groups in total. The molecule has 0 aliphatic carbocycles. The van der Waals surface area contributed by atoms with Crippen molar-refractivity contribution >= 4 is 11.7 Å². The number of nitrogens with one attached hydrogen (secondary N) is 1. The van der Waals surface area contributed by atoms with Gasteiger partial charge in [-0.1, -0.05) is 44.2 Å². The largest absolute Gasteiger partial charge is 0.381 e. The van der Waals surface area contributed by atoms with Gasteiger partial charge in [0.05, 0.1) is 0 Å². The molecule has 0 aliphatic rings. The highest BCUT2D eigenvalue weighted by Crippen LogP contribution is 2.26. The summed E-state index contributed by atoms with van der Waals surface area (Å²) in [5.74, 6) is 0.237. The van der Waals surface area contributed by atoms with Crippen molar-refractivity contribution in [2.75, 3.05) is 0 Å². The highest BCUT2D eigenvalue weighted by atomic mass is 16.6. The van der Waals surface area contributed by atoms with Crippen LogP contribution in [0, 0.1) is 17.0 Å². The lowest BCUT2D eigenvalue weighted by molar-refractivity contribution is -0.389. The second kappa shape index (κ2) is 7.46. The van der Waals surface area contributed by atoms with Crippen LogP contribution in [-0.4, -0.2) is 26.4 Å². The van der Waals surface area contributed by atoms with E-state index in [1.54, 1.807) is 11.5 Å². The predicted molar refractivity (Wildman–Crippen MR) is 95.3 cm³/mol. The Balaban J connectivity index is 1.95. The van der Waals surface area contributed by atoms with Crippen molar-refractivity contribution in [1.29, 1.82) is 0 Å². The average molecular weight is 344 g/mol. The van der Waals surface area contributed by atoms with E-state index in [0.717, 1.165) is 5.56 Å². The van der Waals surface area contributed by atoms with Crippen LogP contribution in [0.25, 0.3) is 0 Å². The normalized spacial score (nSPS) is 12.6. The first-order valence-corrected chi connectivity index (χ1v) is 8.25. The van der Waals surface area contributed by atoms with E-state index in [1.807, 2.05) is 25.1 Å². The van der Waals surface area contributed by atoms with Crippen molar-refractivity contribution in [2.45, 2.75) is 52.1 Å². The van der Waals surface area contributed by atoms with Crippen LogP contribution >= 0.6 is 0 Å². The zero-order chi connectivity index (χ0) is 18.6. The van der Waals surface area contributed by atoms with Crippen LogP contribution in [0.1, 0.15) is 38.6 Å². The molecule has 0 radical (unpaired) electrons. The Bertz CT molecular complexity index is 753. The molecule has 1 aromatic heterocycles. The highest BCUT2D eigenvalue weighted by molar-refractivity contribution is 5.76. The fourth-order valence-electron chi connectivity index (χ4n) is 2.64. The van der Waals surface area contributed by atoms with E-state index in [-0.39, 0.29) is 29.6 Å². The standard InChI is InChI=1S/C18H24N4O3/c1-13(18(3,4)15-8-6-5-7-9-15)19-17(23)10-11-21-12-16(22(24)25)20-14(21)2/h5-9,12-13H,10-11H2,1-4H3,(H,19,23). The molecule has 1 amide bonds. The Kier molecular flexibility index (Phi) is 5.56. The number of hydrogen-bond acceptors (Lipinski definition) is 4. The third-order valence-corrected chi connectivity index (χ3v) is 4.71. The average Bonchev–Trinajstić information content (AvgIpc) is 2.95. The van der Waals surface area contributed by atoms with Gasteiger partial charge in [0.15, 0.2) is 0 Å². The molecule has 1 heterocycles. The van der Waals surface area contributed by atoms with Crippen molar-refractivity contribution in [3.63, 3.8) is 0 Å². The van der Waals surface area contributed by atoms with Gasteiger partial charge in [-0.25, -0.2) is 0 Å². The minimum atomic E-state index is -0.534. The van der Waals surface area contributed by atoms with E-state index in [4.69, 9.17) is 0 Å². The number of carbonyl (C=O) groups excluding carboxylic acids is 1. The predicted octanol–water partition coefficient (Wildman–Crippen LogP) is 2.97. The molecule has 0 bridgehead atoms. The number of nitrogens with zero attached hydrogens (tertiary/aromatic N) is 3. The molecule has 1 aromatic carbocycles. The van der Waals surface area contributed by atoms with Gasteiger partial charge in [-0.2, -0.15) is 0 Å². The minimum Gasteiger partial charge on any atom is -0.358 e. The number of benzene rings is 1. The number of aryl methyl sites for hydroxylation is 2. The molecule has 0 spiro atoms. The van der Waals surface area contributed by atoms with Crippen LogP contribution in [0.4, 0.5) is 5.82 Å². The molecule has 0 saturated heterocycles. The van der Waals surface area contributed by atoms with E-state index in [1.165, 1.54) is 6.20 Å².